The number of hydrogen-bond donors (Lipinski definition) is 0. The Labute approximate surface area is 77.8 Å². The highest BCUT2D eigenvalue weighted by atomic mass is 79.9. The summed E-state index contributed by atoms with van der Waals surface area (Å²) in [4.78, 5) is 0. The van der Waals surface area contributed by atoms with E-state index in [1.165, 1.54) is 19.3 Å². The largest absolute Gasteiger partial charge is 1.00 e. The molecule has 1 heterocycles. The molecule has 1 aliphatic carbocycles. The van der Waals surface area contributed by atoms with E-state index >= 15 is 0 Å². The SMILES string of the molecule is [Br-].c1cc[n+](C2CCC2)cc1. The molecule has 0 N–H and O–H groups in total. The smallest absolute Gasteiger partial charge is 0.169 e. The van der Waals surface area contributed by atoms with Crippen molar-refractivity contribution in [2.24, 2.45) is 0 Å². The predicted octanol–water partition coefficient (Wildman–Crippen LogP) is -1.30. The number of halogens is 1. The number of pyridine rings is 1. The standard InChI is InChI=1S/C9H12N.BrH/c1-2-7-10(8-3-1)9-5-4-6-9;/h1-3,7-9H,4-6H2;1H/q+1;/p-1. The van der Waals surface area contributed by atoms with E-state index in [-0.39, 0.29) is 17.0 Å². The van der Waals surface area contributed by atoms with Crippen LogP contribution in [0.2, 0.25) is 0 Å². The van der Waals surface area contributed by atoms with E-state index in [0.717, 1.165) is 6.04 Å². The van der Waals surface area contributed by atoms with Gasteiger partial charge in [0.2, 0.25) is 0 Å². The Morgan fingerprint density at radius 3 is 2.09 bits per heavy atom. The third kappa shape index (κ3) is 1.80. The Balaban J connectivity index is 0.000000605. The van der Waals surface area contributed by atoms with Crippen molar-refractivity contribution in [1.82, 2.24) is 0 Å². The highest BCUT2D eigenvalue weighted by Gasteiger charge is 2.25. The van der Waals surface area contributed by atoms with E-state index in [9.17, 15) is 0 Å². The van der Waals surface area contributed by atoms with E-state index in [1.54, 1.807) is 0 Å². The molecule has 2 rings (SSSR count). The highest BCUT2D eigenvalue weighted by molar-refractivity contribution is 4.84. The fourth-order valence-corrected chi connectivity index (χ4v) is 1.34. The molecule has 2 heteroatoms. The lowest BCUT2D eigenvalue weighted by atomic mass is 9.93. The molecule has 1 aromatic rings. The third-order valence-corrected chi connectivity index (χ3v) is 2.23. The van der Waals surface area contributed by atoms with Crippen LogP contribution < -0.4 is 21.5 Å². The Hall–Kier alpha value is -0.370. The zero-order valence-corrected chi connectivity index (χ0v) is 8.00. The molecule has 0 aliphatic heterocycles. The second-order valence-corrected chi connectivity index (χ2v) is 2.91. The van der Waals surface area contributed by atoms with Gasteiger partial charge in [0, 0.05) is 25.0 Å². The summed E-state index contributed by atoms with van der Waals surface area (Å²) in [5, 5.41) is 0. The van der Waals surface area contributed by atoms with Crippen LogP contribution in [0.3, 0.4) is 0 Å². The summed E-state index contributed by atoms with van der Waals surface area (Å²) in [5.74, 6) is 0. The van der Waals surface area contributed by atoms with Crippen LogP contribution in [-0.4, -0.2) is 0 Å². The molecule has 0 bridgehead atoms. The molecule has 1 aliphatic rings. The van der Waals surface area contributed by atoms with Crippen molar-refractivity contribution in [3.05, 3.63) is 30.6 Å². The Kier molecular flexibility index (Phi) is 3.06. The van der Waals surface area contributed by atoms with Gasteiger partial charge in [-0.05, 0) is 6.42 Å². The number of aromatic nitrogens is 1. The van der Waals surface area contributed by atoms with Crippen LogP contribution in [0.25, 0.3) is 0 Å². The van der Waals surface area contributed by atoms with Crippen molar-refractivity contribution in [1.29, 1.82) is 0 Å². The maximum absolute atomic E-state index is 2.31. The second kappa shape index (κ2) is 3.86. The lowest BCUT2D eigenvalue weighted by Gasteiger charge is -2.19. The van der Waals surface area contributed by atoms with Crippen LogP contribution in [0, 0.1) is 0 Å². The first-order valence-corrected chi connectivity index (χ1v) is 3.92. The van der Waals surface area contributed by atoms with E-state index in [0.29, 0.717) is 0 Å². The van der Waals surface area contributed by atoms with E-state index in [1.807, 2.05) is 0 Å². The molecule has 0 spiro atoms. The van der Waals surface area contributed by atoms with Crippen LogP contribution >= 0.6 is 0 Å². The van der Waals surface area contributed by atoms with E-state index in [2.05, 4.69) is 35.2 Å². The minimum absolute atomic E-state index is 0. The monoisotopic (exact) mass is 213 g/mol. The number of rotatable bonds is 1. The Morgan fingerprint density at radius 2 is 1.64 bits per heavy atom. The molecule has 1 nitrogen and oxygen atoms in total. The lowest BCUT2D eigenvalue weighted by Crippen LogP contribution is -3.00. The minimum atomic E-state index is 0. The molecule has 11 heavy (non-hydrogen) atoms. The summed E-state index contributed by atoms with van der Waals surface area (Å²) < 4.78 is 2.31. The van der Waals surface area contributed by atoms with E-state index in [4.69, 9.17) is 0 Å². The fourth-order valence-electron chi connectivity index (χ4n) is 1.34. The van der Waals surface area contributed by atoms with Crippen molar-refractivity contribution >= 4 is 0 Å². The molecule has 0 saturated heterocycles. The van der Waals surface area contributed by atoms with Gasteiger partial charge >= 0.3 is 0 Å². The second-order valence-electron chi connectivity index (χ2n) is 2.91. The first-order valence-electron chi connectivity index (χ1n) is 3.92. The molecule has 0 aromatic carbocycles. The first kappa shape index (κ1) is 8.72. The molecular weight excluding hydrogens is 202 g/mol. The Bertz CT molecular complexity index is 206. The van der Waals surface area contributed by atoms with Gasteiger partial charge in [-0.1, -0.05) is 6.07 Å². The Morgan fingerprint density at radius 1 is 1.00 bits per heavy atom. The van der Waals surface area contributed by atoms with Crippen LogP contribution in [0.5, 0.6) is 0 Å². The van der Waals surface area contributed by atoms with Gasteiger partial charge in [-0.2, -0.15) is 0 Å². The van der Waals surface area contributed by atoms with Gasteiger partial charge in [-0.25, -0.2) is 4.57 Å². The summed E-state index contributed by atoms with van der Waals surface area (Å²) >= 11 is 0. The molecule has 60 valence electrons. The summed E-state index contributed by atoms with van der Waals surface area (Å²) in [7, 11) is 0. The van der Waals surface area contributed by atoms with Crippen molar-refractivity contribution in [3.8, 4) is 0 Å². The number of nitrogens with zero attached hydrogens (tertiary/aromatic N) is 1. The van der Waals surface area contributed by atoms with Gasteiger partial charge in [0.05, 0.1) is 0 Å². The highest BCUT2D eigenvalue weighted by Crippen LogP contribution is 2.25. The zero-order valence-electron chi connectivity index (χ0n) is 6.41. The minimum Gasteiger partial charge on any atom is -1.00 e. The van der Waals surface area contributed by atoms with Crippen LogP contribution in [0.1, 0.15) is 25.3 Å². The van der Waals surface area contributed by atoms with Gasteiger partial charge in [-0.15, -0.1) is 0 Å². The molecule has 0 unspecified atom stereocenters. The average Bonchev–Trinajstić information content (AvgIpc) is 1.86. The third-order valence-electron chi connectivity index (χ3n) is 2.23. The van der Waals surface area contributed by atoms with Crippen molar-refractivity contribution in [2.75, 3.05) is 0 Å². The predicted molar refractivity (Wildman–Crippen MR) is 39.5 cm³/mol. The summed E-state index contributed by atoms with van der Waals surface area (Å²) in [6, 6.07) is 7.06. The van der Waals surface area contributed by atoms with Gasteiger partial charge in [0.1, 0.15) is 0 Å². The van der Waals surface area contributed by atoms with E-state index < -0.39 is 0 Å². The molecule has 1 aromatic heterocycles. The van der Waals surface area contributed by atoms with Crippen molar-refractivity contribution in [2.45, 2.75) is 25.3 Å². The van der Waals surface area contributed by atoms with Crippen LogP contribution in [-0.2, 0) is 0 Å². The first-order chi connectivity index (χ1) is 4.97. The molecule has 1 saturated carbocycles. The summed E-state index contributed by atoms with van der Waals surface area (Å²) in [6.07, 6.45) is 8.46. The topological polar surface area (TPSA) is 3.88 Å². The zero-order chi connectivity index (χ0) is 6.81. The lowest BCUT2D eigenvalue weighted by molar-refractivity contribution is -0.733. The molecule has 1 fully saturated rings. The quantitative estimate of drug-likeness (QED) is 0.512. The van der Waals surface area contributed by atoms with Crippen molar-refractivity contribution < 1.29 is 21.5 Å². The molecule has 0 atom stereocenters. The maximum Gasteiger partial charge on any atom is 0.169 e. The maximum atomic E-state index is 2.31. The fraction of sp³-hybridized carbons (Fsp3) is 0.444. The molecular formula is C9H12BrN. The molecule has 0 radical (unpaired) electrons. The van der Waals surface area contributed by atoms with Crippen LogP contribution in [0.15, 0.2) is 30.6 Å². The van der Waals surface area contributed by atoms with Crippen LogP contribution in [0.4, 0.5) is 0 Å². The summed E-state index contributed by atoms with van der Waals surface area (Å²) in [5.41, 5.74) is 0. The van der Waals surface area contributed by atoms with Gasteiger partial charge in [0.15, 0.2) is 18.4 Å². The normalized spacial score (nSPS) is 16.7. The molecule has 0 amide bonds. The van der Waals surface area contributed by atoms with Gasteiger partial charge in [0.25, 0.3) is 0 Å². The van der Waals surface area contributed by atoms with Crippen molar-refractivity contribution in [3.63, 3.8) is 0 Å². The van der Waals surface area contributed by atoms with Gasteiger partial charge in [-0.3, -0.25) is 0 Å². The summed E-state index contributed by atoms with van der Waals surface area (Å²) in [6.45, 7) is 0. The number of hydrogen-bond acceptors (Lipinski definition) is 0. The van der Waals surface area contributed by atoms with Gasteiger partial charge < -0.3 is 17.0 Å². The average molecular weight is 214 g/mol.